The van der Waals surface area contributed by atoms with Gasteiger partial charge in [0.25, 0.3) is 0 Å². The molecule has 134 valence electrons. The number of nitrogens with zero attached hydrogens (tertiary/aromatic N) is 2. The zero-order valence-corrected chi connectivity index (χ0v) is 12.8. The lowest BCUT2D eigenvalue weighted by molar-refractivity contribution is -0.145. The third-order valence-electron chi connectivity index (χ3n) is 2.17. The van der Waals surface area contributed by atoms with E-state index in [2.05, 4.69) is 0 Å². The second-order valence-electron chi connectivity index (χ2n) is 4.40. The van der Waals surface area contributed by atoms with Crippen LogP contribution in [0.15, 0.2) is 0 Å². The van der Waals surface area contributed by atoms with Gasteiger partial charge in [0.1, 0.15) is 0 Å². The van der Waals surface area contributed by atoms with Crippen LogP contribution in [0.5, 0.6) is 0 Å². The van der Waals surface area contributed by atoms with E-state index in [1.165, 1.54) is 0 Å². The quantitative estimate of drug-likeness (QED) is 0.278. The monoisotopic (exact) mass is 337 g/mol. The summed E-state index contributed by atoms with van der Waals surface area (Å²) >= 11 is 0. The lowest BCUT2D eigenvalue weighted by Gasteiger charge is -2.23. The number of carboxylic acid groups (broad SMARTS) is 4. The summed E-state index contributed by atoms with van der Waals surface area (Å²) in [6.07, 6.45) is 0. The fourth-order valence-corrected chi connectivity index (χ4v) is 1.48. The number of carboxylic acids is 4. The molecule has 0 spiro atoms. The molecule has 0 aliphatic carbocycles. The summed E-state index contributed by atoms with van der Waals surface area (Å²) in [5.74, 6) is -4.91. The first-order valence-electron chi connectivity index (χ1n) is 6.64. The van der Waals surface area contributed by atoms with Crippen molar-refractivity contribution in [1.29, 1.82) is 0 Å². The van der Waals surface area contributed by atoms with Gasteiger partial charge in [-0.05, 0) is 6.54 Å². The van der Waals surface area contributed by atoms with Gasteiger partial charge >= 0.3 is 23.9 Å². The number of hydrogen-bond acceptors (Lipinski definition) is 7. The Morgan fingerprint density at radius 2 is 0.870 bits per heavy atom. The summed E-state index contributed by atoms with van der Waals surface area (Å²) in [6, 6.07) is 0. The minimum absolute atomic E-state index is 0.0703. The molecule has 23 heavy (non-hydrogen) atoms. The standard InChI is InChI=1S/C10H16N2O8.C2H7N/c13-7(14)3-11(4-8(15)16)1-2-12(5-9(17)18)6-10(19)20;1-2-3/h1-6H2,(H,13,14)(H,15,16)(H,17,18)(H,19,20);2-3H2,1H3. The molecular formula is C12H23N3O8. The number of nitrogens with two attached hydrogens (primary N) is 1. The molecule has 0 aliphatic rings. The molecule has 0 atom stereocenters. The Hall–Kier alpha value is -2.24. The SMILES string of the molecule is CCN.O=C(O)CN(CCN(CC(=O)O)CC(=O)O)CC(=O)O. The molecule has 0 radical (unpaired) electrons. The van der Waals surface area contributed by atoms with Crippen LogP contribution in [0.25, 0.3) is 0 Å². The van der Waals surface area contributed by atoms with Crippen LogP contribution in [0.3, 0.4) is 0 Å². The average Bonchev–Trinajstić information content (AvgIpc) is 2.33. The molecule has 6 N–H and O–H groups in total. The predicted molar refractivity (Wildman–Crippen MR) is 78.2 cm³/mol. The van der Waals surface area contributed by atoms with Crippen LogP contribution in [0.4, 0.5) is 0 Å². The molecule has 0 saturated heterocycles. The van der Waals surface area contributed by atoms with Crippen LogP contribution in [0.2, 0.25) is 0 Å². The van der Waals surface area contributed by atoms with Gasteiger partial charge in [-0.15, -0.1) is 0 Å². The first kappa shape index (κ1) is 23.0. The van der Waals surface area contributed by atoms with E-state index in [-0.39, 0.29) is 13.1 Å². The summed E-state index contributed by atoms with van der Waals surface area (Å²) in [7, 11) is 0. The summed E-state index contributed by atoms with van der Waals surface area (Å²) in [5.41, 5.74) is 4.85. The van der Waals surface area contributed by atoms with Crippen LogP contribution in [-0.4, -0.2) is 99.9 Å². The highest BCUT2D eigenvalue weighted by molar-refractivity contribution is 5.73. The van der Waals surface area contributed by atoms with Crippen molar-refractivity contribution >= 4 is 23.9 Å². The highest BCUT2D eigenvalue weighted by Gasteiger charge is 2.17. The van der Waals surface area contributed by atoms with Crippen molar-refractivity contribution in [3.63, 3.8) is 0 Å². The third-order valence-corrected chi connectivity index (χ3v) is 2.17. The normalized spacial score (nSPS) is 10.1. The van der Waals surface area contributed by atoms with E-state index in [0.29, 0.717) is 0 Å². The molecule has 0 amide bonds. The van der Waals surface area contributed by atoms with Crippen molar-refractivity contribution < 1.29 is 39.6 Å². The van der Waals surface area contributed by atoms with E-state index in [1.54, 1.807) is 0 Å². The van der Waals surface area contributed by atoms with Crippen LogP contribution >= 0.6 is 0 Å². The summed E-state index contributed by atoms with van der Waals surface area (Å²) in [6.45, 7) is 0.402. The zero-order valence-electron chi connectivity index (χ0n) is 12.8. The second kappa shape index (κ2) is 13.4. The molecule has 0 aromatic heterocycles. The topological polar surface area (TPSA) is 182 Å². The third kappa shape index (κ3) is 17.7. The molecule has 0 bridgehead atoms. The van der Waals surface area contributed by atoms with Gasteiger partial charge in [-0.2, -0.15) is 0 Å². The Morgan fingerprint density at radius 1 is 0.696 bits per heavy atom. The maximum absolute atomic E-state index is 10.6. The molecule has 0 fully saturated rings. The number of hydrogen-bond donors (Lipinski definition) is 5. The van der Waals surface area contributed by atoms with Gasteiger partial charge in [0.2, 0.25) is 0 Å². The van der Waals surface area contributed by atoms with Crippen LogP contribution < -0.4 is 5.73 Å². The molecule has 11 heteroatoms. The fraction of sp³-hybridized carbons (Fsp3) is 0.667. The van der Waals surface area contributed by atoms with Gasteiger partial charge < -0.3 is 26.2 Å². The Bertz CT molecular complexity index is 334. The lowest BCUT2D eigenvalue weighted by Crippen LogP contribution is -2.43. The average molecular weight is 337 g/mol. The Kier molecular flexibility index (Phi) is 13.4. The van der Waals surface area contributed by atoms with Crippen molar-refractivity contribution in [3.05, 3.63) is 0 Å². The van der Waals surface area contributed by atoms with E-state index in [4.69, 9.17) is 26.2 Å². The van der Waals surface area contributed by atoms with E-state index in [1.807, 2.05) is 6.92 Å². The predicted octanol–water partition coefficient (Wildman–Crippen LogP) is -2.11. The first-order valence-corrected chi connectivity index (χ1v) is 6.64. The highest BCUT2D eigenvalue weighted by atomic mass is 16.4. The molecule has 0 unspecified atom stereocenters. The summed E-state index contributed by atoms with van der Waals surface area (Å²) in [4.78, 5) is 44.4. The van der Waals surface area contributed by atoms with E-state index < -0.39 is 50.1 Å². The molecular weight excluding hydrogens is 314 g/mol. The van der Waals surface area contributed by atoms with Gasteiger partial charge in [-0.25, -0.2) is 0 Å². The smallest absolute Gasteiger partial charge is 0.317 e. The molecule has 0 saturated carbocycles. The first-order chi connectivity index (χ1) is 10.6. The fourth-order valence-electron chi connectivity index (χ4n) is 1.48. The van der Waals surface area contributed by atoms with Gasteiger partial charge in [-0.3, -0.25) is 29.0 Å². The number of carbonyl (C=O) groups is 4. The lowest BCUT2D eigenvalue weighted by atomic mass is 10.4. The minimum atomic E-state index is -1.23. The van der Waals surface area contributed by atoms with Crippen molar-refractivity contribution in [2.75, 3.05) is 45.8 Å². The van der Waals surface area contributed by atoms with E-state index in [9.17, 15) is 19.2 Å². The maximum atomic E-state index is 10.6. The van der Waals surface area contributed by atoms with Crippen molar-refractivity contribution in [3.8, 4) is 0 Å². The van der Waals surface area contributed by atoms with Crippen LogP contribution in [0, 0.1) is 0 Å². The maximum Gasteiger partial charge on any atom is 0.317 e. The van der Waals surface area contributed by atoms with Crippen molar-refractivity contribution in [2.45, 2.75) is 6.92 Å². The zero-order chi connectivity index (χ0) is 18.4. The Morgan fingerprint density at radius 3 is 1.00 bits per heavy atom. The molecule has 0 aromatic carbocycles. The van der Waals surface area contributed by atoms with E-state index >= 15 is 0 Å². The van der Waals surface area contributed by atoms with E-state index in [0.717, 1.165) is 16.3 Å². The van der Waals surface area contributed by atoms with Gasteiger partial charge in [0.15, 0.2) is 0 Å². The van der Waals surface area contributed by atoms with Crippen molar-refractivity contribution in [1.82, 2.24) is 9.80 Å². The molecule has 11 nitrogen and oxygen atoms in total. The highest BCUT2D eigenvalue weighted by Crippen LogP contribution is 1.94. The van der Waals surface area contributed by atoms with Crippen molar-refractivity contribution in [2.24, 2.45) is 5.73 Å². The molecule has 0 aromatic rings. The van der Waals surface area contributed by atoms with Gasteiger partial charge in [-0.1, -0.05) is 6.92 Å². The molecule has 0 heterocycles. The largest absolute Gasteiger partial charge is 0.480 e. The summed E-state index contributed by atoms with van der Waals surface area (Å²) < 4.78 is 0. The second-order valence-corrected chi connectivity index (χ2v) is 4.40. The Balaban J connectivity index is 0. The van der Waals surface area contributed by atoms with Gasteiger partial charge in [0, 0.05) is 13.1 Å². The summed E-state index contributed by atoms with van der Waals surface area (Å²) in [5, 5.41) is 34.5. The van der Waals surface area contributed by atoms with Crippen LogP contribution in [-0.2, 0) is 19.2 Å². The molecule has 0 rings (SSSR count). The molecule has 0 aliphatic heterocycles. The van der Waals surface area contributed by atoms with Gasteiger partial charge in [0.05, 0.1) is 26.2 Å². The Labute approximate surface area is 132 Å². The number of aliphatic carboxylic acids is 4. The minimum Gasteiger partial charge on any atom is -0.480 e. The number of rotatable bonds is 11. The van der Waals surface area contributed by atoms with Crippen LogP contribution in [0.1, 0.15) is 6.92 Å².